The van der Waals surface area contributed by atoms with Gasteiger partial charge in [0.1, 0.15) is 0 Å². The van der Waals surface area contributed by atoms with Crippen molar-refractivity contribution in [3.8, 4) is 56.4 Å². The van der Waals surface area contributed by atoms with Crippen molar-refractivity contribution in [2.75, 3.05) is 0 Å². The molecule has 1 saturated heterocycles. The minimum absolute atomic E-state index is 0.166. The zero-order chi connectivity index (χ0) is 35.8. The van der Waals surface area contributed by atoms with Crippen molar-refractivity contribution in [1.82, 2.24) is 15.0 Å². The summed E-state index contributed by atoms with van der Waals surface area (Å²) in [7, 11) is -0.575. The maximum atomic E-state index is 6.68. The van der Waals surface area contributed by atoms with Gasteiger partial charge in [0.05, 0.1) is 11.2 Å². The van der Waals surface area contributed by atoms with Crippen molar-refractivity contribution in [2.45, 2.75) is 58.2 Å². The summed E-state index contributed by atoms with van der Waals surface area (Å²) in [5, 5.41) is 2.44. The maximum Gasteiger partial charge on any atom is 0.494 e. The van der Waals surface area contributed by atoms with E-state index in [0.29, 0.717) is 17.5 Å². The van der Waals surface area contributed by atoms with Gasteiger partial charge in [-0.05, 0) is 89.4 Å². The average Bonchev–Trinajstić information content (AvgIpc) is 3.54. The SMILES string of the molecule is CC1(C)c2ccccc2-c2c1cc(-c1cc(B3OC(C)(C)C(C)(C)O3)cc(-c3nc(-c4ccccc4)nc(-c4ccccc4)n3)c1)c1ccccc21. The third-order valence-electron chi connectivity index (χ3n) is 11.3. The van der Waals surface area contributed by atoms with Crippen molar-refractivity contribution in [1.29, 1.82) is 0 Å². The summed E-state index contributed by atoms with van der Waals surface area (Å²) in [6, 6.07) is 46.8. The number of nitrogens with zero attached hydrogens (tertiary/aromatic N) is 3. The molecule has 1 aliphatic heterocycles. The van der Waals surface area contributed by atoms with Crippen LogP contribution in [0.4, 0.5) is 0 Å². The van der Waals surface area contributed by atoms with E-state index < -0.39 is 18.3 Å². The summed E-state index contributed by atoms with van der Waals surface area (Å²) >= 11 is 0. The highest BCUT2D eigenvalue weighted by atomic mass is 16.7. The Balaban J connectivity index is 1.31. The Morgan fingerprint density at radius 2 is 0.942 bits per heavy atom. The highest BCUT2D eigenvalue weighted by molar-refractivity contribution is 6.62. The highest BCUT2D eigenvalue weighted by Crippen LogP contribution is 2.53. The van der Waals surface area contributed by atoms with Gasteiger partial charge in [0, 0.05) is 22.1 Å². The molecule has 2 aliphatic rings. The molecule has 9 rings (SSSR count). The van der Waals surface area contributed by atoms with Gasteiger partial charge < -0.3 is 9.31 Å². The van der Waals surface area contributed by atoms with Gasteiger partial charge in [-0.1, -0.05) is 135 Å². The molecule has 7 aromatic rings. The fourth-order valence-corrected chi connectivity index (χ4v) is 7.78. The predicted molar refractivity (Wildman–Crippen MR) is 212 cm³/mol. The molecule has 0 saturated carbocycles. The largest absolute Gasteiger partial charge is 0.494 e. The van der Waals surface area contributed by atoms with Crippen molar-refractivity contribution in [2.24, 2.45) is 0 Å². The molecule has 254 valence electrons. The smallest absolute Gasteiger partial charge is 0.399 e. The van der Waals surface area contributed by atoms with Crippen LogP contribution in [0.15, 0.2) is 133 Å². The monoisotopic (exact) mass is 677 g/mol. The van der Waals surface area contributed by atoms with Crippen LogP contribution in [-0.2, 0) is 14.7 Å². The number of aromatic nitrogens is 3. The van der Waals surface area contributed by atoms with E-state index in [4.69, 9.17) is 24.3 Å². The second kappa shape index (κ2) is 11.8. The van der Waals surface area contributed by atoms with E-state index in [0.717, 1.165) is 33.3 Å². The van der Waals surface area contributed by atoms with E-state index in [-0.39, 0.29) is 5.41 Å². The lowest BCUT2D eigenvalue weighted by Gasteiger charge is -2.32. The zero-order valence-corrected chi connectivity index (χ0v) is 30.4. The zero-order valence-electron chi connectivity index (χ0n) is 30.4. The Hall–Kier alpha value is -5.43. The molecular weight excluding hydrogens is 637 g/mol. The molecule has 6 heteroatoms. The lowest BCUT2D eigenvalue weighted by Crippen LogP contribution is -2.41. The number of rotatable bonds is 5. The van der Waals surface area contributed by atoms with Crippen LogP contribution in [0.5, 0.6) is 0 Å². The first-order valence-electron chi connectivity index (χ1n) is 18.0. The second-order valence-electron chi connectivity index (χ2n) is 15.5. The Morgan fingerprint density at radius 1 is 0.442 bits per heavy atom. The van der Waals surface area contributed by atoms with Crippen LogP contribution in [0, 0.1) is 0 Å². The predicted octanol–water partition coefficient (Wildman–Crippen LogP) is 10.3. The molecule has 0 amide bonds. The fraction of sp³-hybridized carbons (Fsp3) is 0.196. The molecule has 1 aliphatic carbocycles. The first kappa shape index (κ1) is 32.5. The van der Waals surface area contributed by atoms with E-state index in [2.05, 4.69) is 114 Å². The minimum atomic E-state index is -0.575. The fourth-order valence-electron chi connectivity index (χ4n) is 7.78. The molecule has 6 aromatic carbocycles. The summed E-state index contributed by atoms with van der Waals surface area (Å²) in [5.74, 6) is 1.83. The summed E-state index contributed by atoms with van der Waals surface area (Å²) < 4.78 is 13.4. The van der Waals surface area contributed by atoms with Crippen LogP contribution in [0.25, 0.3) is 67.2 Å². The number of benzene rings is 6. The number of hydrogen-bond acceptors (Lipinski definition) is 5. The second-order valence-corrected chi connectivity index (χ2v) is 15.5. The van der Waals surface area contributed by atoms with E-state index in [1.807, 2.05) is 60.7 Å². The van der Waals surface area contributed by atoms with Crippen LogP contribution >= 0.6 is 0 Å². The minimum Gasteiger partial charge on any atom is -0.399 e. The molecular formula is C46H40BN3O2. The van der Waals surface area contributed by atoms with Crippen LogP contribution in [0.1, 0.15) is 52.7 Å². The van der Waals surface area contributed by atoms with Gasteiger partial charge in [0.2, 0.25) is 0 Å². The van der Waals surface area contributed by atoms with Gasteiger partial charge in [0.25, 0.3) is 0 Å². The van der Waals surface area contributed by atoms with E-state index >= 15 is 0 Å². The van der Waals surface area contributed by atoms with Crippen molar-refractivity contribution < 1.29 is 9.31 Å². The molecule has 52 heavy (non-hydrogen) atoms. The van der Waals surface area contributed by atoms with Crippen LogP contribution < -0.4 is 5.46 Å². The van der Waals surface area contributed by atoms with Crippen molar-refractivity contribution in [3.05, 3.63) is 145 Å². The quantitative estimate of drug-likeness (QED) is 0.170. The molecule has 1 fully saturated rings. The molecule has 0 bridgehead atoms. The van der Waals surface area contributed by atoms with Gasteiger partial charge in [-0.15, -0.1) is 0 Å². The molecule has 1 aromatic heterocycles. The molecule has 0 spiro atoms. The Bertz CT molecular complexity index is 2440. The van der Waals surface area contributed by atoms with E-state index in [1.54, 1.807) is 0 Å². The van der Waals surface area contributed by atoms with E-state index in [1.165, 1.54) is 33.0 Å². The summed E-state index contributed by atoms with van der Waals surface area (Å²) in [5.41, 5.74) is 9.97. The summed E-state index contributed by atoms with van der Waals surface area (Å²) in [4.78, 5) is 15.2. The first-order valence-corrected chi connectivity index (χ1v) is 18.0. The van der Waals surface area contributed by atoms with Crippen LogP contribution in [-0.4, -0.2) is 33.3 Å². The third kappa shape index (κ3) is 5.20. The average molecular weight is 678 g/mol. The maximum absolute atomic E-state index is 6.68. The third-order valence-corrected chi connectivity index (χ3v) is 11.3. The summed E-state index contributed by atoms with van der Waals surface area (Å²) in [6.45, 7) is 13.0. The molecule has 0 radical (unpaired) electrons. The Labute approximate surface area is 305 Å². The molecule has 2 heterocycles. The lowest BCUT2D eigenvalue weighted by atomic mass is 9.76. The Kier molecular flexibility index (Phi) is 7.38. The van der Waals surface area contributed by atoms with Crippen LogP contribution in [0.2, 0.25) is 0 Å². The topological polar surface area (TPSA) is 57.1 Å². The van der Waals surface area contributed by atoms with Gasteiger partial charge in [-0.3, -0.25) is 0 Å². The van der Waals surface area contributed by atoms with Gasteiger partial charge in [-0.2, -0.15) is 0 Å². The highest BCUT2D eigenvalue weighted by Gasteiger charge is 2.52. The van der Waals surface area contributed by atoms with Gasteiger partial charge in [-0.25, -0.2) is 15.0 Å². The van der Waals surface area contributed by atoms with Gasteiger partial charge in [0.15, 0.2) is 17.5 Å². The van der Waals surface area contributed by atoms with Gasteiger partial charge >= 0.3 is 7.12 Å². The Morgan fingerprint density at radius 3 is 1.56 bits per heavy atom. The van der Waals surface area contributed by atoms with E-state index in [9.17, 15) is 0 Å². The first-order chi connectivity index (χ1) is 25.0. The standard InChI is InChI=1S/C46H40BN3O2/c1-44(2)38-24-16-15-23-36(38)40-35-22-14-13-21-34(35)37(28-39(40)44)31-25-32(27-33(26-31)47-51-45(3,4)46(5,6)52-47)43-49-41(29-17-9-7-10-18-29)48-42(50-43)30-19-11-8-12-20-30/h7-28H,1-6H3. The molecule has 0 atom stereocenters. The molecule has 0 N–H and O–H groups in total. The number of hydrogen-bond donors (Lipinski definition) is 0. The molecule has 5 nitrogen and oxygen atoms in total. The van der Waals surface area contributed by atoms with Crippen molar-refractivity contribution in [3.63, 3.8) is 0 Å². The van der Waals surface area contributed by atoms with Crippen molar-refractivity contribution >= 4 is 23.4 Å². The lowest BCUT2D eigenvalue weighted by molar-refractivity contribution is 0.00578. The van der Waals surface area contributed by atoms with Crippen LogP contribution in [0.3, 0.4) is 0 Å². The summed E-state index contributed by atoms with van der Waals surface area (Å²) in [6.07, 6.45) is 0. The number of fused-ring (bicyclic) bond motifs is 5. The molecule has 0 unspecified atom stereocenters. The normalized spacial score (nSPS) is 16.5.